The van der Waals surface area contributed by atoms with Gasteiger partial charge in [-0.2, -0.15) is 5.26 Å². The number of benzene rings is 1. The fraction of sp³-hybridized carbons (Fsp3) is 0.308. The zero-order chi connectivity index (χ0) is 11.3. The maximum atomic E-state index is 8.93. The zero-order valence-corrected chi connectivity index (χ0v) is 9.75. The standard InChI is InChI=1S/C13H14ClN/c1-10(2)13(8-14)7-11-5-3-4-6-12(11)9-15/h3-7,10H,8H2,1-2H3/b13-7+. The van der Waals surface area contributed by atoms with Crippen LogP contribution in [0, 0.1) is 17.2 Å². The molecule has 1 rings (SSSR count). The molecule has 15 heavy (non-hydrogen) atoms. The summed E-state index contributed by atoms with van der Waals surface area (Å²) in [7, 11) is 0. The summed E-state index contributed by atoms with van der Waals surface area (Å²) in [6.07, 6.45) is 2.01. The minimum atomic E-state index is 0.411. The van der Waals surface area contributed by atoms with E-state index < -0.39 is 0 Å². The van der Waals surface area contributed by atoms with Gasteiger partial charge < -0.3 is 0 Å². The van der Waals surface area contributed by atoms with Crippen molar-refractivity contribution in [2.75, 3.05) is 5.88 Å². The Morgan fingerprint density at radius 1 is 1.47 bits per heavy atom. The molecule has 0 heterocycles. The van der Waals surface area contributed by atoms with Crippen LogP contribution in [0.1, 0.15) is 25.0 Å². The summed E-state index contributed by atoms with van der Waals surface area (Å²) in [5.74, 6) is 0.923. The highest BCUT2D eigenvalue weighted by Gasteiger charge is 2.04. The van der Waals surface area contributed by atoms with E-state index in [9.17, 15) is 0 Å². The molecule has 0 saturated heterocycles. The summed E-state index contributed by atoms with van der Waals surface area (Å²) in [6, 6.07) is 9.73. The molecule has 1 aromatic rings. The molecule has 0 atom stereocenters. The molecule has 1 nitrogen and oxygen atoms in total. The number of nitrogens with zero attached hydrogens (tertiary/aromatic N) is 1. The monoisotopic (exact) mass is 219 g/mol. The average Bonchev–Trinajstić information content (AvgIpc) is 2.25. The van der Waals surface area contributed by atoms with Crippen molar-refractivity contribution < 1.29 is 0 Å². The van der Waals surface area contributed by atoms with Gasteiger partial charge in [0.2, 0.25) is 0 Å². The van der Waals surface area contributed by atoms with Gasteiger partial charge in [0, 0.05) is 5.88 Å². The summed E-state index contributed by atoms with van der Waals surface area (Å²) >= 11 is 5.86. The Balaban J connectivity index is 3.12. The minimum absolute atomic E-state index is 0.411. The van der Waals surface area contributed by atoms with E-state index in [1.54, 1.807) is 0 Å². The first-order valence-corrected chi connectivity index (χ1v) is 5.48. The number of hydrogen-bond acceptors (Lipinski definition) is 1. The lowest BCUT2D eigenvalue weighted by molar-refractivity contribution is 0.778. The highest BCUT2D eigenvalue weighted by molar-refractivity contribution is 6.19. The average molecular weight is 220 g/mol. The zero-order valence-electron chi connectivity index (χ0n) is 9.00. The molecule has 0 radical (unpaired) electrons. The van der Waals surface area contributed by atoms with Crippen molar-refractivity contribution >= 4 is 17.7 Å². The van der Waals surface area contributed by atoms with E-state index in [2.05, 4.69) is 19.9 Å². The summed E-state index contributed by atoms with van der Waals surface area (Å²) < 4.78 is 0. The molecule has 0 aliphatic rings. The molecule has 0 amide bonds. The number of hydrogen-bond donors (Lipinski definition) is 0. The molecule has 0 fully saturated rings. The van der Waals surface area contributed by atoms with Crippen LogP contribution in [0.3, 0.4) is 0 Å². The van der Waals surface area contributed by atoms with Gasteiger partial charge in [0.1, 0.15) is 0 Å². The number of rotatable bonds is 3. The lowest BCUT2D eigenvalue weighted by atomic mass is 10.00. The predicted molar refractivity (Wildman–Crippen MR) is 64.7 cm³/mol. The van der Waals surface area contributed by atoms with Crippen LogP contribution in [0.2, 0.25) is 0 Å². The van der Waals surface area contributed by atoms with Gasteiger partial charge in [0.25, 0.3) is 0 Å². The van der Waals surface area contributed by atoms with Crippen LogP contribution in [0.4, 0.5) is 0 Å². The minimum Gasteiger partial charge on any atom is -0.192 e. The van der Waals surface area contributed by atoms with Crippen molar-refractivity contribution in [2.45, 2.75) is 13.8 Å². The van der Waals surface area contributed by atoms with Crippen LogP contribution in [-0.4, -0.2) is 5.88 Å². The van der Waals surface area contributed by atoms with Gasteiger partial charge in [0.15, 0.2) is 0 Å². The van der Waals surface area contributed by atoms with Crippen molar-refractivity contribution in [3.63, 3.8) is 0 Å². The highest BCUT2D eigenvalue weighted by Crippen LogP contribution is 2.18. The van der Waals surface area contributed by atoms with Crippen LogP contribution in [-0.2, 0) is 0 Å². The first-order valence-electron chi connectivity index (χ1n) is 4.94. The van der Waals surface area contributed by atoms with Crippen LogP contribution >= 0.6 is 11.6 Å². The quantitative estimate of drug-likeness (QED) is 0.709. The lowest BCUT2D eigenvalue weighted by Gasteiger charge is -2.08. The maximum Gasteiger partial charge on any atom is 0.0997 e. The van der Waals surface area contributed by atoms with Gasteiger partial charge in [0.05, 0.1) is 11.6 Å². The third-order valence-electron chi connectivity index (χ3n) is 2.32. The van der Waals surface area contributed by atoms with Gasteiger partial charge in [-0.05, 0) is 17.5 Å². The maximum absolute atomic E-state index is 8.93. The largest absolute Gasteiger partial charge is 0.192 e. The smallest absolute Gasteiger partial charge is 0.0997 e. The van der Waals surface area contributed by atoms with E-state index in [0.29, 0.717) is 17.4 Å². The normalized spacial score (nSPS) is 11.5. The van der Waals surface area contributed by atoms with Crippen molar-refractivity contribution in [3.05, 3.63) is 41.0 Å². The fourth-order valence-electron chi connectivity index (χ4n) is 1.28. The van der Waals surface area contributed by atoms with Crippen LogP contribution in [0.5, 0.6) is 0 Å². The molecule has 1 aromatic carbocycles. The first kappa shape index (κ1) is 11.8. The van der Waals surface area contributed by atoms with Crippen LogP contribution in [0.25, 0.3) is 6.08 Å². The topological polar surface area (TPSA) is 23.8 Å². The van der Waals surface area contributed by atoms with Gasteiger partial charge in [-0.1, -0.05) is 43.7 Å². The van der Waals surface area contributed by atoms with Crippen LogP contribution in [0.15, 0.2) is 29.8 Å². The summed E-state index contributed by atoms with van der Waals surface area (Å²) in [5.41, 5.74) is 2.80. The Labute approximate surface area is 96.0 Å². The van der Waals surface area contributed by atoms with Crippen molar-refractivity contribution in [1.29, 1.82) is 5.26 Å². The molecule has 0 spiro atoms. The Morgan fingerprint density at radius 3 is 2.67 bits per heavy atom. The van der Waals surface area contributed by atoms with Crippen molar-refractivity contribution in [3.8, 4) is 6.07 Å². The first-order chi connectivity index (χ1) is 7.19. The van der Waals surface area contributed by atoms with E-state index >= 15 is 0 Å². The Bertz CT molecular complexity index is 399. The molecule has 0 unspecified atom stereocenters. The van der Waals surface area contributed by atoms with E-state index in [1.165, 1.54) is 0 Å². The second-order valence-corrected chi connectivity index (χ2v) is 3.97. The van der Waals surface area contributed by atoms with Gasteiger partial charge in [-0.25, -0.2) is 0 Å². The van der Waals surface area contributed by atoms with Crippen molar-refractivity contribution in [1.82, 2.24) is 0 Å². The summed E-state index contributed by atoms with van der Waals surface area (Å²) in [5, 5.41) is 8.93. The highest BCUT2D eigenvalue weighted by atomic mass is 35.5. The van der Waals surface area contributed by atoms with Gasteiger partial charge in [-0.15, -0.1) is 11.6 Å². The second-order valence-electron chi connectivity index (χ2n) is 3.71. The number of halogens is 1. The molecule has 2 heteroatoms. The molecule has 0 bridgehead atoms. The van der Waals surface area contributed by atoms with Crippen molar-refractivity contribution in [2.24, 2.45) is 5.92 Å². The van der Waals surface area contributed by atoms with Gasteiger partial charge >= 0.3 is 0 Å². The van der Waals surface area contributed by atoms with Gasteiger partial charge in [-0.3, -0.25) is 0 Å². The Hall–Kier alpha value is -1.26. The molecule has 78 valence electrons. The molecular weight excluding hydrogens is 206 g/mol. The molecule has 0 aliphatic heterocycles. The summed E-state index contributed by atoms with van der Waals surface area (Å²) in [6.45, 7) is 4.20. The molecule has 0 saturated carbocycles. The third-order valence-corrected chi connectivity index (χ3v) is 2.63. The third kappa shape index (κ3) is 3.11. The predicted octanol–water partition coefficient (Wildman–Crippen LogP) is 3.84. The molecule has 0 aromatic heterocycles. The lowest BCUT2D eigenvalue weighted by Crippen LogP contribution is -1.95. The number of alkyl halides is 1. The fourth-order valence-corrected chi connectivity index (χ4v) is 1.67. The second kappa shape index (κ2) is 5.58. The van der Waals surface area contributed by atoms with E-state index in [0.717, 1.165) is 11.1 Å². The van der Waals surface area contributed by atoms with E-state index in [1.807, 2.05) is 30.3 Å². The Morgan fingerprint density at radius 2 is 2.13 bits per heavy atom. The number of allylic oxidation sites excluding steroid dienone is 1. The molecule has 0 N–H and O–H groups in total. The van der Waals surface area contributed by atoms with E-state index in [-0.39, 0.29) is 0 Å². The number of nitriles is 1. The van der Waals surface area contributed by atoms with E-state index in [4.69, 9.17) is 16.9 Å². The molecule has 0 aliphatic carbocycles. The molecular formula is C13H14ClN. The summed E-state index contributed by atoms with van der Waals surface area (Å²) in [4.78, 5) is 0. The SMILES string of the molecule is CC(C)/C(=C/c1ccccc1C#N)CCl. The Kier molecular flexibility index (Phi) is 4.39. The van der Waals surface area contributed by atoms with Crippen LogP contribution < -0.4 is 0 Å².